The molecule has 0 fully saturated rings. The van der Waals surface area contributed by atoms with Crippen molar-refractivity contribution in [2.24, 2.45) is 0 Å². The van der Waals surface area contributed by atoms with Gasteiger partial charge in [0.05, 0.1) is 5.56 Å². The Morgan fingerprint density at radius 1 is 0.650 bits per heavy atom. The predicted molar refractivity (Wildman–Crippen MR) is 74.4 cm³/mol. The third-order valence-corrected chi connectivity index (χ3v) is 3.29. The molecule has 0 saturated heterocycles. The highest BCUT2D eigenvalue weighted by molar-refractivity contribution is 5.87. The zero-order chi connectivity index (χ0) is 14.2. The van der Waals surface area contributed by atoms with Crippen molar-refractivity contribution in [3.63, 3.8) is 0 Å². The highest BCUT2D eigenvalue weighted by Gasteiger charge is 2.33. The van der Waals surface area contributed by atoms with E-state index in [9.17, 15) is 13.2 Å². The largest absolute Gasteiger partial charge is 0.417 e. The maximum atomic E-state index is 13.0. The SMILES string of the molecule is FC(F)(F)c1ccccc1-c1ccc2ccccc2c1. The van der Waals surface area contributed by atoms with Gasteiger partial charge in [0.2, 0.25) is 0 Å². The molecule has 0 spiro atoms. The van der Waals surface area contributed by atoms with Gasteiger partial charge in [-0.2, -0.15) is 13.2 Å². The summed E-state index contributed by atoms with van der Waals surface area (Å²) in [5.41, 5.74) is 0.192. The predicted octanol–water partition coefficient (Wildman–Crippen LogP) is 5.53. The van der Waals surface area contributed by atoms with E-state index in [2.05, 4.69) is 0 Å². The molecule has 3 rings (SSSR count). The van der Waals surface area contributed by atoms with Crippen molar-refractivity contribution in [3.8, 4) is 11.1 Å². The van der Waals surface area contributed by atoms with Crippen LogP contribution >= 0.6 is 0 Å². The van der Waals surface area contributed by atoms with Crippen molar-refractivity contribution in [2.75, 3.05) is 0 Å². The van der Waals surface area contributed by atoms with E-state index >= 15 is 0 Å². The number of fused-ring (bicyclic) bond motifs is 1. The van der Waals surface area contributed by atoms with E-state index in [1.165, 1.54) is 12.1 Å². The van der Waals surface area contributed by atoms with E-state index < -0.39 is 11.7 Å². The molecule has 0 aliphatic heterocycles. The Balaban J connectivity index is 2.21. The van der Waals surface area contributed by atoms with Crippen LogP contribution in [-0.2, 0) is 6.18 Å². The van der Waals surface area contributed by atoms with E-state index in [4.69, 9.17) is 0 Å². The maximum Gasteiger partial charge on any atom is 0.417 e. The molecule has 100 valence electrons. The number of hydrogen-bond acceptors (Lipinski definition) is 0. The van der Waals surface area contributed by atoms with Gasteiger partial charge in [0.25, 0.3) is 0 Å². The Kier molecular flexibility index (Phi) is 2.97. The van der Waals surface area contributed by atoms with Crippen LogP contribution in [0.1, 0.15) is 5.56 Å². The number of hydrogen-bond donors (Lipinski definition) is 0. The zero-order valence-corrected chi connectivity index (χ0v) is 10.5. The van der Waals surface area contributed by atoms with Crippen molar-refractivity contribution < 1.29 is 13.2 Å². The van der Waals surface area contributed by atoms with Crippen molar-refractivity contribution in [2.45, 2.75) is 6.18 Å². The van der Waals surface area contributed by atoms with Crippen LogP contribution in [0.25, 0.3) is 21.9 Å². The van der Waals surface area contributed by atoms with Crippen LogP contribution in [-0.4, -0.2) is 0 Å². The second kappa shape index (κ2) is 4.67. The van der Waals surface area contributed by atoms with Crippen LogP contribution in [0.15, 0.2) is 66.7 Å². The van der Waals surface area contributed by atoms with E-state index in [0.29, 0.717) is 5.56 Å². The summed E-state index contributed by atoms with van der Waals surface area (Å²) in [5, 5.41) is 1.95. The molecule has 0 nitrogen and oxygen atoms in total. The monoisotopic (exact) mass is 272 g/mol. The lowest BCUT2D eigenvalue weighted by molar-refractivity contribution is -0.137. The first-order valence-electron chi connectivity index (χ1n) is 6.21. The first-order valence-corrected chi connectivity index (χ1v) is 6.21. The van der Waals surface area contributed by atoms with Crippen LogP contribution in [0.3, 0.4) is 0 Å². The topological polar surface area (TPSA) is 0 Å². The standard InChI is InChI=1S/C17H11F3/c18-17(19,20)16-8-4-3-7-15(16)14-10-9-12-5-1-2-6-13(12)11-14/h1-11H. The summed E-state index contributed by atoms with van der Waals surface area (Å²) in [6.07, 6.45) is -4.35. The lowest BCUT2D eigenvalue weighted by atomic mass is 9.97. The van der Waals surface area contributed by atoms with Gasteiger partial charge >= 0.3 is 6.18 Å². The number of alkyl halides is 3. The Hall–Kier alpha value is -2.29. The van der Waals surface area contributed by atoms with Crippen molar-refractivity contribution in [3.05, 3.63) is 72.3 Å². The smallest absolute Gasteiger partial charge is 0.166 e. The Morgan fingerprint density at radius 2 is 1.30 bits per heavy atom. The lowest BCUT2D eigenvalue weighted by Crippen LogP contribution is -2.06. The molecule has 0 saturated carbocycles. The van der Waals surface area contributed by atoms with Crippen molar-refractivity contribution >= 4 is 10.8 Å². The summed E-state index contributed by atoms with van der Waals surface area (Å²) in [6, 6.07) is 18.6. The molecule has 0 amide bonds. The number of benzene rings is 3. The first-order chi connectivity index (χ1) is 9.55. The first kappa shape index (κ1) is 12.7. The third kappa shape index (κ3) is 2.27. The molecule has 0 radical (unpaired) electrons. The highest BCUT2D eigenvalue weighted by Crippen LogP contribution is 2.37. The summed E-state index contributed by atoms with van der Waals surface area (Å²) in [6.45, 7) is 0. The van der Waals surface area contributed by atoms with Crippen LogP contribution < -0.4 is 0 Å². The van der Waals surface area contributed by atoms with E-state index in [1.54, 1.807) is 18.2 Å². The average Bonchev–Trinajstić information content (AvgIpc) is 2.46. The molecule has 0 aliphatic carbocycles. The van der Waals surface area contributed by atoms with Gasteiger partial charge in [0.15, 0.2) is 0 Å². The molecular formula is C17H11F3. The van der Waals surface area contributed by atoms with E-state index in [1.807, 2.05) is 30.3 Å². The Bertz CT molecular complexity index is 757. The van der Waals surface area contributed by atoms with Gasteiger partial charge in [-0.3, -0.25) is 0 Å². The summed E-state index contributed by atoms with van der Waals surface area (Å²) >= 11 is 0. The van der Waals surface area contributed by atoms with Crippen molar-refractivity contribution in [1.29, 1.82) is 0 Å². The minimum absolute atomic E-state index is 0.214. The number of halogens is 3. The molecule has 3 aromatic carbocycles. The van der Waals surface area contributed by atoms with Gasteiger partial charge < -0.3 is 0 Å². The van der Waals surface area contributed by atoms with Gasteiger partial charge in [-0.25, -0.2) is 0 Å². The Labute approximate surface area is 114 Å². The second-order valence-corrected chi connectivity index (χ2v) is 4.61. The van der Waals surface area contributed by atoms with Crippen LogP contribution in [0.2, 0.25) is 0 Å². The molecule has 3 heteroatoms. The minimum Gasteiger partial charge on any atom is -0.166 e. The summed E-state index contributed by atoms with van der Waals surface area (Å²) < 4.78 is 39.1. The normalized spacial score (nSPS) is 11.8. The quantitative estimate of drug-likeness (QED) is 0.546. The highest BCUT2D eigenvalue weighted by atomic mass is 19.4. The van der Waals surface area contributed by atoms with Gasteiger partial charge in [-0.05, 0) is 34.0 Å². The van der Waals surface area contributed by atoms with Crippen LogP contribution in [0.4, 0.5) is 13.2 Å². The van der Waals surface area contributed by atoms with E-state index in [-0.39, 0.29) is 5.56 Å². The second-order valence-electron chi connectivity index (χ2n) is 4.61. The Morgan fingerprint density at radius 3 is 2.05 bits per heavy atom. The molecule has 0 atom stereocenters. The molecule has 0 heterocycles. The molecule has 3 aromatic rings. The summed E-state index contributed by atoms with van der Waals surface area (Å²) in [7, 11) is 0. The van der Waals surface area contributed by atoms with Gasteiger partial charge in [-0.1, -0.05) is 54.6 Å². The molecular weight excluding hydrogens is 261 g/mol. The minimum atomic E-state index is -4.35. The molecule has 20 heavy (non-hydrogen) atoms. The van der Waals surface area contributed by atoms with Crippen molar-refractivity contribution in [1.82, 2.24) is 0 Å². The lowest BCUT2D eigenvalue weighted by Gasteiger charge is -2.13. The molecule has 0 aromatic heterocycles. The van der Waals surface area contributed by atoms with E-state index in [0.717, 1.165) is 16.8 Å². The van der Waals surface area contributed by atoms with Gasteiger partial charge in [0, 0.05) is 0 Å². The van der Waals surface area contributed by atoms with Gasteiger partial charge in [0.1, 0.15) is 0 Å². The number of rotatable bonds is 1. The molecule has 0 N–H and O–H groups in total. The van der Waals surface area contributed by atoms with Crippen LogP contribution in [0, 0.1) is 0 Å². The van der Waals surface area contributed by atoms with Gasteiger partial charge in [-0.15, -0.1) is 0 Å². The molecule has 0 unspecified atom stereocenters. The average molecular weight is 272 g/mol. The molecule has 0 bridgehead atoms. The summed E-state index contributed by atoms with van der Waals surface area (Å²) in [5.74, 6) is 0. The third-order valence-electron chi connectivity index (χ3n) is 3.29. The zero-order valence-electron chi connectivity index (χ0n) is 10.5. The van der Waals surface area contributed by atoms with Crippen LogP contribution in [0.5, 0.6) is 0 Å². The maximum absolute atomic E-state index is 13.0. The molecule has 0 aliphatic rings. The fourth-order valence-electron chi connectivity index (χ4n) is 2.34. The fraction of sp³-hybridized carbons (Fsp3) is 0.0588. The summed E-state index contributed by atoms with van der Waals surface area (Å²) in [4.78, 5) is 0. The fourth-order valence-corrected chi connectivity index (χ4v) is 2.34.